The summed E-state index contributed by atoms with van der Waals surface area (Å²) in [5, 5.41) is 10.4. The van der Waals surface area contributed by atoms with E-state index in [0.717, 1.165) is 44.9 Å². The minimum Gasteiger partial charge on any atom is -0.465 e. The highest BCUT2D eigenvalue weighted by Gasteiger charge is 2.31. The lowest BCUT2D eigenvalue weighted by Crippen LogP contribution is -2.32. The van der Waals surface area contributed by atoms with Crippen LogP contribution in [0, 0.1) is 23.7 Å². The van der Waals surface area contributed by atoms with Crippen LogP contribution in [0.25, 0.3) is 0 Å². The predicted molar refractivity (Wildman–Crippen MR) is 115 cm³/mol. The van der Waals surface area contributed by atoms with Crippen molar-refractivity contribution in [1.29, 1.82) is 0 Å². The van der Waals surface area contributed by atoms with Crippen LogP contribution in [0.2, 0.25) is 0 Å². The molecule has 0 saturated heterocycles. The van der Waals surface area contributed by atoms with Gasteiger partial charge in [0.1, 0.15) is 0 Å². The van der Waals surface area contributed by atoms with Crippen molar-refractivity contribution in [3.8, 4) is 0 Å². The summed E-state index contributed by atoms with van der Waals surface area (Å²) < 4.78 is 11.4. The summed E-state index contributed by atoms with van der Waals surface area (Å²) >= 11 is 0. The standard InChI is InChI=1S/C24H46O4/c1-5-9-11-19(7-3)17-27-23(25)21-13-15-22(16-14-21)24(26)28-18-20(8-4)12-10-6-2/h19-23,25H,5-18H2,1-4H3/t19?,20?,21?,22?,23-/m1/s1. The molecule has 0 aromatic carbocycles. The molecule has 3 atom stereocenters. The van der Waals surface area contributed by atoms with Crippen LogP contribution in [0.3, 0.4) is 0 Å². The van der Waals surface area contributed by atoms with Crippen molar-refractivity contribution in [2.75, 3.05) is 13.2 Å². The first-order valence-electron chi connectivity index (χ1n) is 12.0. The number of hydrogen-bond acceptors (Lipinski definition) is 4. The molecule has 0 heterocycles. The normalized spacial score (nSPS) is 23.2. The third-order valence-corrected chi connectivity index (χ3v) is 6.56. The topological polar surface area (TPSA) is 55.8 Å². The van der Waals surface area contributed by atoms with Gasteiger partial charge in [0.05, 0.1) is 19.1 Å². The number of aliphatic hydroxyl groups excluding tert-OH is 1. The van der Waals surface area contributed by atoms with E-state index in [1.807, 2.05) is 0 Å². The van der Waals surface area contributed by atoms with Gasteiger partial charge in [0.15, 0.2) is 6.29 Å². The van der Waals surface area contributed by atoms with Crippen LogP contribution in [0.1, 0.15) is 105 Å². The average molecular weight is 399 g/mol. The quantitative estimate of drug-likeness (QED) is 0.267. The Kier molecular flexibility index (Phi) is 13.9. The fourth-order valence-corrected chi connectivity index (χ4v) is 4.12. The molecule has 1 fully saturated rings. The average Bonchev–Trinajstić information content (AvgIpc) is 2.73. The van der Waals surface area contributed by atoms with Gasteiger partial charge in [-0.2, -0.15) is 0 Å². The third kappa shape index (κ3) is 9.73. The minimum atomic E-state index is -0.689. The van der Waals surface area contributed by atoms with E-state index in [4.69, 9.17) is 9.47 Å². The lowest BCUT2D eigenvalue weighted by Gasteiger charge is -2.31. The molecule has 0 aliphatic heterocycles. The minimum absolute atomic E-state index is 0.0000701. The summed E-state index contributed by atoms with van der Waals surface area (Å²) in [6.45, 7) is 9.99. The van der Waals surface area contributed by atoms with Gasteiger partial charge >= 0.3 is 5.97 Å². The van der Waals surface area contributed by atoms with Crippen molar-refractivity contribution < 1.29 is 19.4 Å². The second-order valence-electron chi connectivity index (χ2n) is 8.80. The largest absolute Gasteiger partial charge is 0.465 e. The Labute approximate surface area is 173 Å². The van der Waals surface area contributed by atoms with E-state index in [1.54, 1.807) is 0 Å². The number of unbranched alkanes of at least 4 members (excludes halogenated alkanes) is 2. The van der Waals surface area contributed by atoms with E-state index in [9.17, 15) is 9.90 Å². The maximum atomic E-state index is 12.4. The Morgan fingerprint density at radius 1 is 0.893 bits per heavy atom. The van der Waals surface area contributed by atoms with E-state index in [1.165, 1.54) is 32.1 Å². The lowest BCUT2D eigenvalue weighted by atomic mass is 9.81. The van der Waals surface area contributed by atoms with Gasteiger partial charge in [-0.3, -0.25) is 4.79 Å². The molecule has 1 saturated carbocycles. The van der Waals surface area contributed by atoms with E-state index < -0.39 is 6.29 Å². The fourth-order valence-electron chi connectivity index (χ4n) is 4.12. The van der Waals surface area contributed by atoms with Gasteiger partial charge in [0, 0.05) is 5.92 Å². The highest BCUT2D eigenvalue weighted by atomic mass is 16.6. The molecule has 1 aliphatic rings. The molecule has 1 rings (SSSR count). The number of hydrogen-bond donors (Lipinski definition) is 1. The van der Waals surface area contributed by atoms with Crippen LogP contribution in [0.4, 0.5) is 0 Å². The lowest BCUT2D eigenvalue weighted by molar-refractivity contribution is -0.161. The van der Waals surface area contributed by atoms with Crippen LogP contribution in [0.5, 0.6) is 0 Å². The van der Waals surface area contributed by atoms with Crippen LogP contribution < -0.4 is 0 Å². The third-order valence-electron chi connectivity index (χ3n) is 6.56. The van der Waals surface area contributed by atoms with Gasteiger partial charge in [-0.05, 0) is 50.4 Å². The van der Waals surface area contributed by atoms with Crippen LogP contribution >= 0.6 is 0 Å². The molecule has 0 spiro atoms. The maximum absolute atomic E-state index is 12.4. The Balaban J connectivity index is 2.28. The summed E-state index contributed by atoms with van der Waals surface area (Å²) in [5.74, 6) is 1.16. The van der Waals surface area contributed by atoms with Crippen molar-refractivity contribution in [1.82, 2.24) is 0 Å². The van der Waals surface area contributed by atoms with Crippen molar-refractivity contribution in [3.05, 3.63) is 0 Å². The molecular formula is C24H46O4. The number of aliphatic hydroxyl groups is 1. The summed E-state index contributed by atoms with van der Waals surface area (Å²) in [7, 11) is 0. The van der Waals surface area contributed by atoms with Crippen LogP contribution in [-0.2, 0) is 14.3 Å². The summed E-state index contributed by atoms with van der Waals surface area (Å²) in [5.41, 5.74) is 0. The molecule has 1 N–H and O–H groups in total. The Morgan fingerprint density at radius 2 is 1.43 bits per heavy atom. The molecule has 0 amide bonds. The Morgan fingerprint density at radius 3 is 1.93 bits per heavy atom. The van der Waals surface area contributed by atoms with E-state index in [2.05, 4.69) is 27.7 Å². The molecule has 0 bridgehead atoms. The van der Waals surface area contributed by atoms with Crippen LogP contribution in [-0.4, -0.2) is 30.6 Å². The van der Waals surface area contributed by atoms with E-state index in [-0.39, 0.29) is 17.8 Å². The second kappa shape index (κ2) is 15.3. The fraction of sp³-hybridized carbons (Fsp3) is 0.958. The van der Waals surface area contributed by atoms with Crippen LogP contribution in [0.15, 0.2) is 0 Å². The number of ether oxygens (including phenoxy) is 2. The zero-order valence-corrected chi connectivity index (χ0v) is 19.0. The molecule has 4 heteroatoms. The molecule has 4 nitrogen and oxygen atoms in total. The molecule has 0 aromatic heterocycles. The molecular weight excluding hydrogens is 352 g/mol. The highest BCUT2D eigenvalue weighted by molar-refractivity contribution is 5.72. The van der Waals surface area contributed by atoms with Gasteiger partial charge in [-0.1, -0.05) is 66.2 Å². The van der Waals surface area contributed by atoms with Crippen molar-refractivity contribution in [3.63, 3.8) is 0 Å². The molecule has 166 valence electrons. The first-order chi connectivity index (χ1) is 13.5. The van der Waals surface area contributed by atoms with Gasteiger partial charge in [0.25, 0.3) is 0 Å². The highest BCUT2D eigenvalue weighted by Crippen LogP contribution is 2.32. The molecule has 0 radical (unpaired) electrons. The predicted octanol–water partition coefficient (Wildman–Crippen LogP) is 6.10. The first-order valence-corrected chi connectivity index (χ1v) is 12.0. The van der Waals surface area contributed by atoms with Gasteiger partial charge in [0.2, 0.25) is 0 Å². The van der Waals surface area contributed by atoms with E-state index in [0.29, 0.717) is 25.0 Å². The first kappa shape index (κ1) is 25.4. The van der Waals surface area contributed by atoms with E-state index >= 15 is 0 Å². The number of rotatable bonds is 15. The molecule has 1 aliphatic carbocycles. The molecule has 28 heavy (non-hydrogen) atoms. The molecule has 0 aromatic rings. The SMILES string of the molecule is CCCCC(CC)COC(=O)C1CCC([C@H](O)OCC(CC)CCCC)CC1. The maximum Gasteiger partial charge on any atom is 0.308 e. The van der Waals surface area contributed by atoms with Gasteiger partial charge in [-0.25, -0.2) is 0 Å². The monoisotopic (exact) mass is 398 g/mol. The Bertz CT molecular complexity index is 390. The zero-order chi connectivity index (χ0) is 20.8. The number of esters is 1. The summed E-state index contributed by atoms with van der Waals surface area (Å²) in [4.78, 5) is 12.4. The summed E-state index contributed by atoms with van der Waals surface area (Å²) in [6, 6.07) is 0. The summed E-state index contributed by atoms with van der Waals surface area (Å²) in [6.07, 6.45) is 11.9. The smallest absolute Gasteiger partial charge is 0.308 e. The van der Waals surface area contributed by atoms with Gasteiger partial charge in [-0.15, -0.1) is 0 Å². The number of carbonyl (C=O) groups excluding carboxylic acids is 1. The molecule has 2 unspecified atom stereocenters. The zero-order valence-electron chi connectivity index (χ0n) is 19.0. The van der Waals surface area contributed by atoms with Crippen molar-refractivity contribution >= 4 is 5.97 Å². The Hall–Kier alpha value is -0.610. The van der Waals surface area contributed by atoms with Crippen molar-refractivity contribution in [2.24, 2.45) is 23.7 Å². The number of carbonyl (C=O) groups is 1. The second-order valence-corrected chi connectivity index (χ2v) is 8.80. The van der Waals surface area contributed by atoms with Gasteiger partial charge < -0.3 is 14.6 Å². The van der Waals surface area contributed by atoms with Crippen molar-refractivity contribution in [2.45, 2.75) is 111 Å².